The second-order valence-electron chi connectivity index (χ2n) is 8.10. The number of pyridine rings is 1. The minimum Gasteiger partial charge on any atom is -0.479 e. The molecule has 4 N–H and O–H groups in total. The van der Waals surface area contributed by atoms with Crippen molar-refractivity contribution in [3.63, 3.8) is 0 Å². The lowest BCUT2D eigenvalue weighted by Gasteiger charge is -2.15. The third-order valence-corrected chi connectivity index (χ3v) is 5.39. The Hall–Kier alpha value is -4.77. The highest BCUT2D eigenvalue weighted by molar-refractivity contribution is 6.02. The van der Waals surface area contributed by atoms with E-state index in [1.54, 1.807) is 18.2 Å². The molecule has 4 aromatic rings. The van der Waals surface area contributed by atoms with Gasteiger partial charge in [0.15, 0.2) is 23.5 Å². The number of benzene rings is 2. The quantitative estimate of drug-likeness (QED) is 0.253. The van der Waals surface area contributed by atoms with Gasteiger partial charge in [0.25, 0.3) is 17.7 Å². The number of rotatable bonds is 10. The number of carbonyl (C=O) groups excluding carboxylic acids is 1. The van der Waals surface area contributed by atoms with E-state index in [-0.39, 0.29) is 23.6 Å². The molecule has 1 unspecified atom stereocenters. The molecule has 11 heteroatoms. The van der Waals surface area contributed by atoms with Crippen molar-refractivity contribution in [2.45, 2.75) is 26.0 Å². The van der Waals surface area contributed by atoms with Crippen LogP contribution >= 0.6 is 0 Å². The largest absolute Gasteiger partial charge is 0.479 e. The molecular weight excluding hydrogens is 500 g/mol. The molecule has 2 heterocycles. The number of amides is 1. The van der Waals surface area contributed by atoms with E-state index in [1.165, 1.54) is 25.3 Å². The summed E-state index contributed by atoms with van der Waals surface area (Å²) in [5.41, 5.74) is 8.22. The van der Waals surface area contributed by atoms with Crippen LogP contribution in [0.15, 0.2) is 71.3 Å². The molecule has 2 aromatic heterocycles. The molecule has 9 nitrogen and oxygen atoms in total. The van der Waals surface area contributed by atoms with Crippen LogP contribution in [0.4, 0.5) is 14.5 Å². The van der Waals surface area contributed by atoms with Crippen LogP contribution in [-0.4, -0.2) is 28.1 Å². The van der Waals surface area contributed by atoms with E-state index in [9.17, 15) is 23.5 Å². The van der Waals surface area contributed by atoms with Crippen LogP contribution in [0.5, 0.6) is 17.5 Å². The summed E-state index contributed by atoms with van der Waals surface area (Å²) >= 11 is 0. The second kappa shape index (κ2) is 11.5. The van der Waals surface area contributed by atoms with Crippen molar-refractivity contribution in [3.05, 3.63) is 89.9 Å². The fraction of sp³-hybridized carbons (Fsp3) is 0.148. The van der Waals surface area contributed by atoms with Gasteiger partial charge in [-0.1, -0.05) is 25.1 Å². The van der Waals surface area contributed by atoms with E-state index in [1.807, 2.05) is 24.3 Å². The third-order valence-electron chi connectivity index (χ3n) is 5.39. The molecule has 1 amide bonds. The van der Waals surface area contributed by atoms with E-state index in [2.05, 4.69) is 10.3 Å². The maximum absolute atomic E-state index is 14.6. The highest BCUT2D eigenvalue weighted by Crippen LogP contribution is 2.34. The maximum Gasteiger partial charge on any atom is 0.344 e. The third kappa shape index (κ3) is 6.13. The number of nitrogens with one attached hydrogen (secondary N) is 1. The van der Waals surface area contributed by atoms with Crippen LogP contribution in [0.1, 0.15) is 29.5 Å². The van der Waals surface area contributed by atoms with Gasteiger partial charge in [0, 0.05) is 24.4 Å². The van der Waals surface area contributed by atoms with Gasteiger partial charge >= 0.3 is 5.97 Å². The normalized spacial score (nSPS) is 11.6. The summed E-state index contributed by atoms with van der Waals surface area (Å²) in [7, 11) is 0. The van der Waals surface area contributed by atoms with Gasteiger partial charge < -0.3 is 30.0 Å². The summed E-state index contributed by atoms with van der Waals surface area (Å²) in [6.07, 6.45) is -0.0158. The van der Waals surface area contributed by atoms with Crippen LogP contribution in [0, 0.1) is 11.6 Å². The first-order chi connectivity index (χ1) is 18.3. The zero-order valence-electron chi connectivity index (χ0n) is 20.1. The lowest BCUT2D eigenvalue weighted by atomic mass is 10.0. The number of hydrogen-bond acceptors (Lipinski definition) is 7. The Bertz CT molecular complexity index is 1460. The van der Waals surface area contributed by atoms with Crippen LogP contribution in [-0.2, 0) is 11.3 Å². The molecule has 0 fully saturated rings. The Morgan fingerprint density at radius 2 is 1.84 bits per heavy atom. The molecule has 4 rings (SSSR count). The molecule has 0 spiro atoms. The number of carboxylic acids is 1. The number of carbonyl (C=O) groups is 2. The second-order valence-corrected chi connectivity index (χ2v) is 8.10. The van der Waals surface area contributed by atoms with Gasteiger partial charge in [-0.2, -0.15) is 4.98 Å². The van der Waals surface area contributed by atoms with E-state index >= 15 is 0 Å². The molecule has 38 heavy (non-hydrogen) atoms. The van der Waals surface area contributed by atoms with Gasteiger partial charge in [-0.15, -0.1) is 0 Å². The predicted octanol–water partition coefficient (Wildman–Crippen LogP) is 5.37. The van der Waals surface area contributed by atoms with Crippen LogP contribution < -0.4 is 20.5 Å². The Balaban J connectivity index is 1.72. The van der Waals surface area contributed by atoms with Gasteiger partial charge in [-0.3, -0.25) is 4.79 Å². The Morgan fingerprint density at radius 3 is 2.53 bits per heavy atom. The Labute approximate surface area is 215 Å². The van der Waals surface area contributed by atoms with Crippen LogP contribution in [0.25, 0.3) is 11.1 Å². The molecule has 0 aliphatic heterocycles. The Kier molecular flexibility index (Phi) is 7.97. The highest BCUT2D eigenvalue weighted by Gasteiger charge is 2.23. The fourth-order valence-electron chi connectivity index (χ4n) is 3.52. The summed E-state index contributed by atoms with van der Waals surface area (Å²) in [5.74, 6) is -5.46. The van der Waals surface area contributed by atoms with Crippen molar-refractivity contribution >= 4 is 17.6 Å². The number of ether oxygens (including phenoxy) is 2. The number of furan rings is 1. The average Bonchev–Trinajstić information content (AvgIpc) is 3.45. The van der Waals surface area contributed by atoms with Gasteiger partial charge in [0.1, 0.15) is 5.75 Å². The molecule has 0 aliphatic carbocycles. The number of hydrogen-bond donors (Lipinski definition) is 3. The summed E-state index contributed by atoms with van der Waals surface area (Å²) in [5, 5.41) is 11.9. The van der Waals surface area contributed by atoms with Crippen molar-refractivity contribution in [3.8, 4) is 28.6 Å². The first kappa shape index (κ1) is 26.3. The molecule has 0 radical (unpaired) electrons. The predicted molar refractivity (Wildman–Crippen MR) is 133 cm³/mol. The summed E-state index contributed by atoms with van der Waals surface area (Å²) in [4.78, 5) is 27.6. The first-order valence-corrected chi connectivity index (χ1v) is 11.5. The van der Waals surface area contributed by atoms with Gasteiger partial charge in [-0.05, 0) is 53.4 Å². The van der Waals surface area contributed by atoms with Crippen LogP contribution in [0.3, 0.4) is 0 Å². The molecule has 2 aromatic carbocycles. The minimum atomic E-state index is -1.39. The number of nitrogens with zero attached hydrogens (tertiary/aromatic N) is 1. The van der Waals surface area contributed by atoms with Crippen molar-refractivity contribution in [1.29, 1.82) is 0 Å². The van der Waals surface area contributed by atoms with Gasteiger partial charge in [0.05, 0.1) is 6.26 Å². The number of halogens is 2. The SMILES string of the molecule is CCC(Oc1nc(Oc2cc(NC(=O)c3ccco3)cc(-c3cccc(CN)c3)c2)c(F)cc1F)C(=O)O. The number of anilines is 1. The fourth-order valence-corrected chi connectivity index (χ4v) is 3.52. The standard InChI is InChI=1S/C27H23F2N3O6/c1-2-22(27(34)35)38-26-21(29)13-20(28)25(32-26)37-19-11-17(16-6-3-5-15(9-16)14-30)10-18(12-19)31-24(33)23-7-4-8-36-23/h3-13,22H,2,14,30H2,1H3,(H,31,33)(H,34,35). The molecule has 0 saturated carbocycles. The molecule has 196 valence electrons. The highest BCUT2D eigenvalue weighted by atomic mass is 19.1. The maximum atomic E-state index is 14.6. The zero-order valence-corrected chi connectivity index (χ0v) is 20.1. The average molecular weight is 523 g/mol. The molecule has 1 atom stereocenters. The van der Waals surface area contributed by atoms with E-state index in [0.29, 0.717) is 18.2 Å². The number of aromatic nitrogens is 1. The van der Waals surface area contributed by atoms with Crippen LogP contribution in [0.2, 0.25) is 0 Å². The number of carboxylic acid groups (broad SMARTS) is 1. The topological polar surface area (TPSA) is 137 Å². The molecule has 0 saturated heterocycles. The summed E-state index contributed by atoms with van der Waals surface area (Å²) in [6, 6.07) is 15.5. The van der Waals surface area contributed by atoms with Gasteiger partial charge in [0.2, 0.25) is 0 Å². The summed E-state index contributed by atoms with van der Waals surface area (Å²) < 4.78 is 44.8. The Morgan fingerprint density at radius 1 is 1.05 bits per heavy atom. The van der Waals surface area contributed by atoms with E-state index < -0.39 is 41.4 Å². The molecule has 0 aliphatic rings. The first-order valence-electron chi connectivity index (χ1n) is 11.5. The van der Waals surface area contributed by atoms with E-state index in [4.69, 9.17) is 19.6 Å². The summed E-state index contributed by atoms with van der Waals surface area (Å²) in [6.45, 7) is 1.83. The van der Waals surface area contributed by atoms with Gasteiger partial charge in [-0.25, -0.2) is 13.6 Å². The van der Waals surface area contributed by atoms with Crippen molar-refractivity contribution in [1.82, 2.24) is 4.98 Å². The minimum absolute atomic E-state index is 0.0205. The van der Waals surface area contributed by atoms with Crippen molar-refractivity contribution in [2.24, 2.45) is 5.73 Å². The lowest BCUT2D eigenvalue weighted by Crippen LogP contribution is -2.26. The lowest BCUT2D eigenvalue weighted by molar-refractivity contribution is -0.145. The van der Waals surface area contributed by atoms with Crippen molar-refractivity contribution in [2.75, 3.05) is 5.32 Å². The monoisotopic (exact) mass is 523 g/mol. The molecular formula is C27H23F2N3O6. The smallest absolute Gasteiger partial charge is 0.344 e. The number of aliphatic carboxylic acids is 1. The number of nitrogens with two attached hydrogens (primary N) is 1. The molecule has 0 bridgehead atoms. The van der Waals surface area contributed by atoms with Crippen molar-refractivity contribution < 1.29 is 37.4 Å². The zero-order chi connectivity index (χ0) is 27.2. The van der Waals surface area contributed by atoms with E-state index in [0.717, 1.165) is 11.1 Å².